The molecule has 2 N–H and O–H groups in total. The van der Waals surface area contributed by atoms with Gasteiger partial charge in [0.2, 0.25) is 5.13 Å². The van der Waals surface area contributed by atoms with Crippen molar-refractivity contribution in [3.63, 3.8) is 0 Å². The minimum Gasteiger partial charge on any atom is -0.488 e. The van der Waals surface area contributed by atoms with Crippen LogP contribution in [-0.4, -0.2) is 33.4 Å². The molecule has 9 heteroatoms. The number of benzene rings is 1. The quantitative estimate of drug-likeness (QED) is 0.753. The molecule has 3 aromatic rings. The van der Waals surface area contributed by atoms with Crippen molar-refractivity contribution < 1.29 is 14.3 Å². The van der Waals surface area contributed by atoms with Gasteiger partial charge in [0.15, 0.2) is 0 Å². The maximum Gasteiger partial charge on any atom is 0.275 e. The fourth-order valence-corrected chi connectivity index (χ4v) is 3.21. The first-order valence-corrected chi connectivity index (χ1v) is 8.00. The number of carbonyl (C=O) groups excluding carboxylic acids is 1. The van der Waals surface area contributed by atoms with E-state index in [9.17, 15) is 4.79 Å². The van der Waals surface area contributed by atoms with Crippen LogP contribution < -0.4 is 10.1 Å². The van der Waals surface area contributed by atoms with Gasteiger partial charge in [-0.1, -0.05) is 23.5 Å². The van der Waals surface area contributed by atoms with Gasteiger partial charge in [-0.2, -0.15) is 5.10 Å². The van der Waals surface area contributed by atoms with Crippen LogP contribution in [-0.2, 0) is 18.0 Å². The number of nitrogens with one attached hydrogen (secondary N) is 2. The van der Waals surface area contributed by atoms with E-state index in [0.717, 1.165) is 22.6 Å². The average molecular weight is 343 g/mol. The highest BCUT2D eigenvalue weighted by Gasteiger charge is 2.26. The summed E-state index contributed by atoms with van der Waals surface area (Å²) < 4.78 is 10.7. The number of nitrogens with zero attached hydrogens (tertiary/aromatic N) is 3. The predicted octanol–water partition coefficient (Wildman–Crippen LogP) is 2.22. The number of hydrogen-bond acceptors (Lipinski definition) is 7. The first-order valence-electron chi connectivity index (χ1n) is 7.18. The molecular formula is C15H13N5O3S. The number of amides is 1. The normalized spacial score (nSPS) is 12.2. The number of ether oxygens (including phenoxy) is 2. The smallest absolute Gasteiger partial charge is 0.275 e. The van der Waals surface area contributed by atoms with Gasteiger partial charge in [0.1, 0.15) is 35.4 Å². The molecule has 24 heavy (non-hydrogen) atoms. The molecule has 1 aromatic carbocycles. The van der Waals surface area contributed by atoms with Crippen LogP contribution in [0.2, 0.25) is 0 Å². The molecule has 1 aliphatic heterocycles. The first-order chi connectivity index (χ1) is 11.8. The van der Waals surface area contributed by atoms with Crippen molar-refractivity contribution in [1.29, 1.82) is 0 Å². The molecule has 0 saturated heterocycles. The third-order valence-corrected chi connectivity index (χ3v) is 4.38. The molecule has 1 aliphatic rings. The molecule has 3 heterocycles. The second-order valence-electron chi connectivity index (χ2n) is 5.10. The van der Waals surface area contributed by atoms with Crippen molar-refractivity contribution >= 4 is 22.4 Å². The monoisotopic (exact) mass is 343 g/mol. The first kappa shape index (κ1) is 14.8. The SMILES string of the molecule is COCc1nnc(NC(=O)c2[nH]nc3c2COc2ccccc2-3)s1. The highest BCUT2D eigenvalue weighted by atomic mass is 32.1. The lowest BCUT2D eigenvalue weighted by atomic mass is 10.0. The summed E-state index contributed by atoms with van der Waals surface area (Å²) in [6.45, 7) is 0.647. The zero-order valence-electron chi connectivity index (χ0n) is 12.7. The summed E-state index contributed by atoms with van der Waals surface area (Å²) in [5.74, 6) is 0.434. The van der Waals surface area contributed by atoms with Crippen LogP contribution in [0.1, 0.15) is 21.1 Å². The molecule has 4 rings (SSSR count). The molecule has 0 unspecified atom stereocenters. The van der Waals surface area contributed by atoms with Crippen LogP contribution in [0.25, 0.3) is 11.3 Å². The van der Waals surface area contributed by atoms with E-state index in [1.165, 1.54) is 11.3 Å². The third-order valence-electron chi connectivity index (χ3n) is 3.56. The molecule has 0 aliphatic carbocycles. The van der Waals surface area contributed by atoms with Crippen molar-refractivity contribution in [2.24, 2.45) is 0 Å². The number of hydrogen-bond donors (Lipinski definition) is 2. The Hall–Kier alpha value is -2.78. The van der Waals surface area contributed by atoms with Gasteiger partial charge >= 0.3 is 0 Å². The number of para-hydroxylation sites is 1. The van der Waals surface area contributed by atoms with Gasteiger partial charge in [0, 0.05) is 18.2 Å². The Morgan fingerprint density at radius 2 is 2.29 bits per heavy atom. The van der Waals surface area contributed by atoms with Gasteiger partial charge in [-0.3, -0.25) is 15.2 Å². The summed E-state index contributed by atoms with van der Waals surface area (Å²) >= 11 is 1.26. The number of carbonyl (C=O) groups is 1. The van der Waals surface area contributed by atoms with Gasteiger partial charge in [-0.05, 0) is 12.1 Å². The van der Waals surface area contributed by atoms with Crippen LogP contribution in [0.4, 0.5) is 5.13 Å². The van der Waals surface area contributed by atoms with E-state index in [2.05, 4.69) is 25.7 Å². The van der Waals surface area contributed by atoms with E-state index >= 15 is 0 Å². The Bertz CT molecular complexity index is 904. The largest absolute Gasteiger partial charge is 0.488 e. The molecule has 1 amide bonds. The number of rotatable bonds is 4. The topological polar surface area (TPSA) is 102 Å². The molecule has 122 valence electrons. The number of aromatic amines is 1. The molecule has 0 atom stereocenters. The lowest BCUT2D eigenvalue weighted by Gasteiger charge is -2.16. The maximum absolute atomic E-state index is 12.5. The van der Waals surface area contributed by atoms with Crippen molar-refractivity contribution in [2.45, 2.75) is 13.2 Å². The zero-order chi connectivity index (χ0) is 16.5. The van der Waals surface area contributed by atoms with E-state index in [1.54, 1.807) is 7.11 Å². The Kier molecular flexibility index (Phi) is 3.71. The minimum absolute atomic E-state index is 0.288. The van der Waals surface area contributed by atoms with Gasteiger partial charge in [-0.25, -0.2) is 0 Å². The van der Waals surface area contributed by atoms with Crippen LogP contribution in [0, 0.1) is 0 Å². The Balaban J connectivity index is 1.59. The average Bonchev–Trinajstić information content (AvgIpc) is 3.22. The molecule has 0 radical (unpaired) electrons. The highest BCUT2D eigenvalue weighted by Crippen LogP contribution is 2.37. The predicted molar refractivity (Wildman–Crippen MR) is 86.9 cm³/mol. The van der Waals surface area contributed by atoms with Crippen LogP contribution in [0.3, 0.4) is 0 Å². The fourth-order valence-electron chi connectivity index (χ4n) is 2.50. The highest BCUT2D eigenvalue weighted by molar-refractivity contribution is 7.15. The summed E-state index contributed by atoms with van der Waals surface area (Å²) in [5, 5.41) is 18.8. The van der Waals surface area contributed by atoms with Gasteiger partial charge in [0.05, 0.1) is 0 Å². The fraction of sp³-hybridized carbons (Fsp3) is 0.200. The van der Waals surface area contributed by atoms with E-state index in [-0.39, 0.29) is 12.5 Å². The number of fused-ring (bicyclic) bond motifs is 3. The molecule has 2 aromatic heterocycles. The van der Waals surface area contributed by atoms with E-state index < -0.39 is 0 Å². The molecule has 8 nitrogen and oxygen atoms in total. The van der Waals surface area contributed by atoms with Crippen molar-refractivity contribution in [3.05, 3.63) is 40.5 Å². The van der Waals surface area contributed by atoms with Crippen molar-refractivity contribution in [2.75, 3.05) is 12.4 Å². The van der Waals surface area contributed by atoms with Crippen LogP contribution >= 0.6 is 11.3 Å². The lowest BCUT2D eigenvalue weighted by molar-refractivity contribution is 0.101. The number of aromatic nitrogens is 4. The second kappa shape index (κ2) is 6.02. The van der Waals surface area contributed by atoms with Crippen molar-refractivity contribution in [3.8, 4) is 17.0 Å². The number of methoxy groups -OCH3 is 1. The molecular weight excluding hydrogens is 330 g/mol. The van der Waals surface area contributed by atoms with E-state index in [0.29, 0.717) is 22.4 Å². The third kappa shape index (κ3) is 2.53. The summed E-state index contributed by atoms with van der Waals surface area (Å²) in [6.07, 6.45) is 0. The van der Waals surface area contributed by atoms with Crippen LogP contribution in [0.5, 0.6) is 5.75 Å². The Morgan fingerprint density at radius 3 is 3.17 bits per heavy atom. The minimum atomic E-state index is -0.327. The van der Waals surface area contributed by atoms with E-state index in [1.807, 2.05) is 24.3 Å². The summed E-state index contributed by atoms with van der Waals surface area (Å²) in [6, 6.07) is 7.60. The summed E-state index contributed by atoms with van der Waals surface area (Å²) in [4.78, 5) is 12.5. The second-order valence-corrected chi connectivity index (χ2v) is 6.16. The van der Waals surface area contributed by atoms with Gasteiger partial charge in [-0.15, -0.1) is 10.2 Å². The Labute approximate surface area is 140 Å². The molecule has 0 fully saturated rings. The maximum atomic E-state index is 12.5. The van der Waals surface area contributed by atoms with Gasteiger partial charge in [0.25, 0.3) is 5.91 Å². The standard InChI is InChI=1S/C15H13N5O3S/c1-22-7-11-17-20-15(24-11)16-14(21)13-9-6-23-10-5-3-2-4-8(10)12(9)18-19-13/h2-5H,6-7H2,1H3,(H,18,19)(H,16,20,21). The molecule has 0 bridgehead atoms. The molecule has 0 spiro atoms. The summed E-state index contributed by atoms with van der Waals surface area (Å²) in [5.41, 5.74) is 2.70. The molecule has 0 saturated carbocycles. The van der Waals surface area contributed by atoms with Gasteiger partial charge < -0.3 is 9.47 Å². The van der Waals surface area contributed by atoms with Crippen LogP contribution in [0.15, 0.2) is 24.3 Å². The lowest BCUT2D eigenvalue weighted by Crippen LogP contribution is -2.16. The van der Waals surface area contributed by atoms with Crippen molar-refractivity contribution in [1.82, 2.24) is 20.4 Å². The number of H-pyrrole nitrogens is 1. The van der Waals surface area contributed by atoms with E-state index in [4.69, 9.17) is 9.47 Å². The Morgan fingerprint density at radius 1 is 1.42 bits per heavy atom. The number of anilines is 1. The summed E-state index contributed by atoms with van der Waals surface area (Å²) in [7, 11) is 1.58. The zero-order valence-corrected chi connectivity index (χ0v) is 13.5.